The molecule has 108 valence electrons. The van der Waals surface area contributed by atoms with E-state index in [1.165, 1.54) is 0 Å². The Morgan fingerprint density at radius 1 is 1.11 bits per heavy atom. The van der Waals surface area contributed by atoms with Crippen LogP contribution >= 0.6 is 0 Å². The molecule has 3 nitrogen and oxygen atoms in total. The zero-order chi connectivity index (χ0) is 14.5. The van der Waals surface area contributed by atoms with Gasteiger partial charge in [-0.05, 0) is 36.6 Å². The van der Waals surface area contributed by atoms with Gasteiger partial charge >= 0.3 is 0 Å². The first kappa shape index (κ1) is 17.4. The minimum Gasteiger partial charge on any atom is -0.368 e. The summed E-state index contributed by atoms with van der Waals surface area (Å²) in [6.07, 6.45) is 1.00. The quantitative estimate of drug-likeness (QED) is 0.701. The van der Waals surface area contributed by atoms with Crippen LogP contribution in [0.1, 0.15) is 54.9 Å². The van der Waals surface area contributed by atoms with E-state index in [1.54, 1.807) is 0 Å². The van der Waals surface area contributed by atoms with E-state index in [0.29, 0.717) is 11.8 Å². The third kappa shape index (κ3) is 3.47. The van der Waals surface area contributed by atoms with Crippen molar-refractivity contribution in [3.8, 4) is 0 Å². The third-order valence-corrected chi connectivity index (χ3v) is 3.95. The maximum Gasteiger partial charge on any atom is 0.238 e. The second kappa shape index (κ2) is 7.13. The minimum atomic E-state index is -0.599. The van der Waals surface area contributed by atoms with Crippen LogP contribution in [0.3, 0.4) is 0 Å². The van der Waals surface area contributed by atoms with Crippen molar-refractivity contribution in [3.05, 3.63) is 0 Å². The molecule has 0 heterocycles. The topological polar surface area (TPSA) is 55.1 Å². The Labute approximate surface area is 113 Å². The number of nitrogens with one attached hydrogen (secondary N) is 1. The van der Waals surface area contributed by atoms with Crippen LogP contribution < -0.4 is 11.1 Å². The number of hydrogen-bond acceptors (Lipinski definition) is 2. The molecule has 0 aliphatic heterocycles. The van der Waals surface area contributed by atoms with Crippen LogP contribution in [0.5, 0.6) is 0 Å². The average Bonchev–Trinajstić information content (AvgIpc) is 2.21. The molecule has 18 heavy (non-hydrogen) atoms. The lowest BCUT2D eigenvalue weighted by atomic mass is 9.65. The van der Waals surface area contributed by atoms with E-state index in [4.69, 9.17) is 5.73 Å². The summed E-state index contributed by atoms with van der Waals surface area (Å²) in [5, 5.41) is 3.47. The standard InChI is InChI=1S/C15H32N2O/c1-8-9-17-15(12(6)7,14(16)18)13(10(2)3)11(4)5/h10-13,17H,8-9H2,1-7H3,(H2,16,18). The molecule has 0 saturated heterocycles. The summed E-state index contributed by atoms with van der Waals surface area (Å²) in [7, 11) is 0. The predicted octanol–water partition coefficient (Wildman–Crippen LogP) is 2.79. The highest BCUT2D eigenvalue weighted by Gasteiger charge is 2.48. The fraction of sp³-hybridized carbons (Fsp3) is 0.933. The molecule has 0 rings (SSSR count). The molecule has 1 atom stereocenters. The molecule has 0 aliphatic rings. The normalized spacial score (nSPS) is 15.7. The Bertz CT molecular complexity index is 253. The number of carbonyl (C=O) groups excluding carboxylic acids is 1. The van der Waals surface area contributed by atoms with Gasteiger partial charge in [-0.15, -0.1) is 0 Å². The highest BCUT2D eigenvalue weighted by molar-refractivity contribution is 5.85. The fourth-order valence-electron chi connectivity index (χ4n) is 3.40. The first-order valence-electron chi connectivity index (χ1n) is 7.26. The summed E-state index contributed by atoms with van der Waals surface area (Å²) in [6.45, 7) is 15.8. The van der Waals surface area contributed by atoms with E-state index in [2.05, 4.69) is 53.8 Å². The number of primary amides is 1. The maximum atomic E-state index is 12.2. The lowest BCUT2D eigenvalue weighted by molar-refractivity contribution is -0.131. The molecule has 3 heteroatoms. The smallest absolute Gasteiger partial charge is 0.238 e. The van der Waals surface area contributed by atoms with Gasteiger partial charge in [0, 0.05) is 0 Å². The Hall–Kier alpha value is -0.570. The van der Waals surface area contributed by atoms with E-state index in [-0.39, 0.29) is 17.7 Å². The van der Waals surface area contributed by atoms with Crippen molar-refractivity contribution >= 4 is 5.91 Å². The predicted molar refractivity (Wildman–Crippen MR) is 78.2 cm³/mol. The van der Waals surface area contributed by atoms with Crippen molar-refractivity contribution in [2.45, 2.75) is 60.4 Å². The van der Waals surface area contributed by atoms with Crippen LogP contribution in [0, 0.1) is 23.7 Å². The number of nitrogens with two attached hydrogens (primary N) is 1. The van der Waals surface area contributed by atoms with Gasteiger partial charge in [-0.1, -0.05) is 48.5 Å². The Morgan fingerprint density at radius 2 is 1.56 bits per heavy atom. The molecule has 0 saturated carbocycles. The van der Waals surface area contributed by atoms with Gasteiger partial charge in [-0.25, -0.2) is 0 Å². The third-order valence-electron chi connectivity index (χ3n) is 3.95. The van der Waals surface area contributed by atoms with Crippen molar-refractivity contribution in [1.82, 2.24) is 5.32 Å². The highest BCUT2D eigenvalue weighted by Crippen LogP contribution is 2.37. The van der Waals surface area contributed by atoms with Crippen LogP contribution in [0.2, 0.25) is 0 Å². The lowest BCUT2D eigenvalue weighted by Crippen LogP contribution is -2.66. The SMILES string of the molecule is CCCNC(C(N)=O)(C(C)C)C(C(C)C)C(C)C. The van der Waals surface area contributed by atoms with Crippen LogP contribution in [0.15, 0.2) is 0 Å². The van der Waals surface area contributed by atoms with Crippen LogP contribution in [-0.2, 0) is 4.79 Å². The number of carbonyl (C=O) groups is 1. The Kier molecular flexibility index (Phi) is 6.90. The van der Waals surface area contributed by atoms with Crippen LogP contribution in [0.4, 0.5) is 0 Å². The molecule has 0 aromatic rings. The summed E-state index contributed by atoms with van der Waals surface area (Å²) in [6, 6.07) is 0. The molecule has 3 N–H and O–H groups in total. The summed E-state index contributed by atoms with van der Waals surface area (Å²) in [4.78, 5) is 12.2. The van der Waals surface area contributed by atoms with E-state index in [9.17, 15) is 4.79 Å². The summed E-state index contributed by atoms with van der Waals surface area (Å²) >= 11 is 0. The highest BCUT2D eigenvalue weighted by atomic mass is 16.1. The van der Waals surface area contributed by atoms with Crippen molar-refractivity contribution in [1.29, 1.82) is 0 Å². The molecule has 1 unspecified atom stereocenters. The Morgan fingerprint density at radius 3 is 1.78 bits per heavy atom. The number of amides is 1. The van der Waals surface area contributed by atoms with E-state index in [0.717, 1.165) is 13.0 Å². The summed E-state index contributed by atoms with van der Waals surface area (Å²) < 4.78 is 0. The molecule has 0 aromatic heterocycles. The summed E-state index contributed by atoms with van der Waals surface area (Å²) in [5.74, 6) is 1.07. The van der Waals surface area contributed by atoms with Crippen LogP contribution in [0.25, 0.3) is 0 Å². The van der Waals surface area contributed by atoms with Gasteiger partial charge in [-0.3, -0.25) is 4.79 Å². The molecular weight excluding hydrogens is 224 g/mol. The second-order valence-electron chi connectivity index (χ2n) is 6.33. The number of rotatable bonds is 8. The van der Waals surface area contributed by atoms with Gasteiger partial charge in [0.15, 0.2) is 0 Å². The summed E-state index contributed by atoms with van der Waals surface area (Å²) in [5.41, 5.74) is 5.19. The van der Waals surface area contributed by atoms with Crippen molar-refractivity contribution in [3.63, 3.8) is 0 Å². The maximum absolute atomic E-state index is 12.2. The van der Waals surface area contributed by atoms with Crippen molar-refractivity contribution in [2.75, 3.05) is 6.54 Å². The molecular formula is C15H32N2O. The molecule has 0 aromatic carbocycles. The second-order valence-corrected chi connectivity index (χ2v) is 6.33. The zero-order valence-corrected chi connectivity index (χ0v) is 13.2. The zero-order valence-electron chi connectivity index (χ0n) is 13.2. The average molecular weight is 256 g/mol. The van der Waals surface area contributed by atoms with E-state index < -0.39 is 5.54 Å². The number of hydrogen-bond donors (Lipinski definition) is 2. The van der Waals surface area contributed by atoms with Gasteiger partial charge in [0.25, 0.3) is 0 Å². The molecule has 0 radical (unpaired) electrons. The van der Waals surface area contributed by atoms with Gasteiger partial charge in [0.2, 0.25) is 5.91 Å². The molecule has 0 aliphatic carbocycles. The lowest BCUT2D eigenvalue weighted by Gasteiger charge is -2.46. The van der Waals surface area contributed by atoms with Gasteiger partial charge in [0.05, 0.1) is 0 Å². The van der Waals surface area contributed by atoms with Gasteiger partial charge in [-0.2, -0.15) is 0 Å². The Balaban J connectivity index is 5.57. The van der Waals surface area contributed by atoms with E-state index >= 15 is 0 Å². The molecule has 0 bridgehead atoms. The first-order chi connectivity index (χ1) is 8.21. The molecule has 0 spiro atoms. The first-order valence-corrected chi connectivity index (χ1v) is 7.26. The molecule has 1 amide bonds. The monoisotopic (exact) mass is 256 g/mol. The largest absolute Gasteiger partial charge is 0.368 e. The van der Waals surface area contributed by atoms with Crippen molar-refractivity contribution < 1.29 is 4.79 Å². The van der Waals surface area contributed by atoms with Crippen molar-refractivity contribution in [2.24, 2.45) is 29.4 Å². The molecule has 0 fully saturated rings. The van der Waals surface area contributed by atoms with E-state index in [1.807, 2.05) is 0 Å². The van der Waals surface area contributed by atoms with Gasteiger partial charge in [0.1, 0.15) is 5.54 Å². The fourth-order valence-corrected chi connectivity index (χ4v) is 3.40. The van der Waals surface area contributed by atoms with Crippen LogP contribution in [-0.4, -0.2) is 18.0 Å². The van der Waals surface area contributed by atoms with Gasteiger partial charge < -0.3 is 11.1 Å². The minimum absolute atomic E-state index is 0.191.